The molecule has 0 aliphatic carbocycles. The lowest BCUT2D eigenvalue weighted by Crippen LogP contribution is -2.27. The first-order chi connectivity index (χ1) is 11.2. The SMILES string of the molecule is COc1cccc(CC(=O)NCCc2nc3ccccc3o2)c1. The zero-order chi connectivity index (χ0) is 16.1. The third-order valence-corrected chi connectivity index (χ3v) is 3.50. The molecular weight excluding hydrogens is 292 g/mol. The van der Waals surface area contributed by atoms with Crippen LogP contribution < -0.4 is 10.1 Å². The number of hydrogen-bond acceptors (Lipinski definition) is 4. The first-order valence-electron chi connectivity index (χ1n) is 7.48. The van der Waals surface area contributed by atoms with Gasteiger partial charge in [0, 0.05) is 13.0 Å². The predicted molar refractivity (Wildman–Crippen MR) is 87.4 cm³/mol. The first kappa shape index (κ1) is 15.1. The molecule has 118 valence electrons. The van der Waals surface area contributed by atoms with Crippen molar-refractivity contribution in [2.45, 2.75) is 12.8 Å². The second kappa shape index (κ2) is 6.96. The molecule has 0 aliphatic rings. The highest BCUT2D eigenvalue weighted by Gasteiger charge is 2.07. The van der Waals surface area contributed by atoms with E-state index >= 15 is 0 Å². The normalized spacial score (nSPS) is 10.7. The van der Waals surface area contributed by atoms with Gasteiger partial charge in [0.2, 0.25) is 5.91 Å². The Balaban J connectivity index is 1.50. The van der Waals surface area contributed by atoms with Crippen LogP contribution in [-0.4, -0.2) is 24.5 Å². The van der Waals surface area contributed by atoms with Crippen molar-refractivity contribution >= 4 is 17.0 Å². The number of carbonyl (C=O) groups excluding carboxylic acids is 1. The Bertz CT molecular complexity index is 778. The highest BCUT2D eigenvalue weighted by Crippen LogP contribution is 2.15. The lowest BCUT2D eigenvalue weighted by Gasteiger charge is -2.05. The van der Waals surface area contributed by atoms with Gasteiger partial charge in [-0.3, -0.25) is 4.79 Å². The number of oxazole rings is 1. The van der Waals surface area contributed by atoms with E-state index in [0.717, 1.165) is 22.4 Å². The van der Waals surface area contributed by atoms with Crippen molar-refractivity contribution in [1.82, 2.24) is 10.3 Å². The summed E-state index contributed by atoms with van der Waals surface area (Å²) in [5.41, 5.74) is 2.53. The van der Waals surface area contributed by atoms with Crippen LogP contribution in [0, 0.1) is 0 Å². The maximum Gasteiger partial charge on any atom is 0.224 e. The summed E-state index contributed by atoms with van der Waals surface area (Å²) in [6.45, 7) is 0.496. The molecule has 1 aromatic heterocycles. The van der Waals surface area contributed by atoms with Crippen LogP contribution in [0.3, 0.4) is 0 Å². The number of fused-ring (bicyclic) bond motifs is 1. The fraction of sp³-hybridized carbons (Fsp3) is 0.222. The monoisotopic (exact) mass is 310 g/mol. The Labute approximate surface area is 134 Å². The van der Waals surface area contributed by atoms with Crippen LogP contribution in [0.2, 0.25) is 0 Å². The van der Waals surface area contributed by atoms with Gasteiger partial charge in [-0.15, -0.1) is 0 Å². The van der Waals surface area contributed by atoms with Gasteiger partial charge in [-0.05, 0) is 29.8 Å². The average Bonchev–Trinajstić information content (AvgIpc) is 2.97. The van der Waals surface area contributed by atoms with Gasteiger partial charge >= 0.3 is 0 Å². The van der Waals surface area contributed by atoms with Crippen LogP contribution in [0.15, 0.2) is 52.9 Å². The zero-order valence-corrected chi connectivity index (χ0v) is 12.9. The summed E-state index contributed by atoms with van der Waals surface area (Å²) >= 11 is 0. The number of carbonyl (C=O) groups is 1. The third kappa shape index (κ3) is 3.88. The third-order valence-electron chi connectivity index (χ3n) is 3.50. The molecule has 2 aromatic carbocycles. The van der Waals surface area contributed by atoms with Crippen LogP contribution in [0.1, 0.15) is 11.5 Å². The number of para-hydroxylation sites is 2. The van der Waals surface area contributed by atoms with Gasteiger partial charge in [0.15, 0.2) is 11.5 Å². The number of ether oxygens (including phenoxy) is 1. The maximum absolute atomic E-state index is 12.0. The molecule has 3 rings (SSSR count). The molecule has 0 spiro atoms. The van der Waals surface area contributed by atoms with E-state index in [2.05, 4.69) is 10.3 Å². The Morgan fingerprint density at radius 3 is 2.91 bits per heavy atom. The molecule has 0 saturated heterocycles. The molecule has 1 amide bonds. The van der Waals surface area contributed by atoms with Crippen molar-refractivity contribution in [3.63, 3.8) is 0 Å². The van der Waals surface area contributed by atoms with Gasteiger partial charge in [-0.2, -0.15) is 0 Å². The van der Waals surface area contributed by atoms with E-state index in [1.165, 1.54) is 0 Å². The topological polar surface area (TPSA) is 64.4 Å². The van der Waals surface area contributed by atoms with Gasteiger partial charge < -0.3 is 14.5 Å². The number of methoxy groups -OCH3 is 1. The van der Waals surface area contributed by atoms with Gasteiger partial charge in [-0.1, -0.05) is 24.3 Å². The number of rotatable bonds is 6. The van der Waals surface area contributed by atoms with Crippen LogP contribution in [-0.2, 0) is 17.6 Å². The van der Waals surface area contributed by atoms with Crippen LogP contribution in [0.25, 0.3) is 11.1 Å². The molecule has 0 aliphatic heterocycles. The van der Waals surface area contributed by atoms with E-state index in [1.54, 1.807) is 7.11 Å². The number of nitrogens with one attached hydrogen (secondary N) is 1. The molecule has 5 nitrogen and oxygen atoms in total. The van der Waals surface area contributed by atoms with E-state index in [1.807, 2.05) is 48.5 Å². The highest BCUT2D eigenvalue weighted by atomic mass is 16.5. The Hall–Kier alpha value is -2.82. The lowest BCUT2D eigenvalue weighted by atomic mass is 10.1. The van der Waals surface area contributed by atoms with Crippen LogP contribution in [0.4, 0.5) is 0 Å². The minimum atomic E-state index is -0.0330. The van der Waals surface area contributed by atoms with Gasteiger partial charge in [-0.25, -0.2) is 4.98 Å². The number of nitrogens with zero attached hydrogens (tertiary/aromatic N) is 1. The van der Waals surface area contributed by atoms with E-state index in [0.29, 0.717) is 25.3 Å². The molecule has 1 heterocycles. The summed E-state index contributed by atoms with van der Waals surface area (Å²) in [5, 5.41) is 2.88. The Morgan fingerprint density at radius 1 is 1.22 bits per heavy atom. The highest BCUT2D eigenvalue weighted by molar-refractivity contribution is 5.78. The van der Waals surface area contributed by atoms with E-state index in [4.69, 9.17) is 9.15 Å². The lowest BCUT2D eigenvalue weighted by molar-refractivity contribution is -0.120. The maximum atomic E-state index is 12.0. The second-order valence-electron chi connectivity index (χ2n) is 5.20. The summed E-state index contributed by atoms with van der Waals surface area (Å²) in [6.07, 6.45) is 0.892. The molecule has 0 saturated carbocycles. The summed E-state index contributed by atoms with van der Waals surface area (Å²) in [6, 6.07) is 15.1. The van der Waals surface area contributed by atoms with Crippen molar-refractivity contribution in [2.75, 3.05) is 13.7 Å². The quantitative estimate of drug-likeness (QED) is 0.760. The van der Waals surface area contributed by atoms with Gasteiger partial charge in [0.25, 0.3) is 0 Å². The fourth-order valence-corrected chi connectivity index (χ4v) is 2.37. The smallest absolute Gasteiger partial charge is 0.224 e. The van der Waals surface area contributed by atoms with Crippen molar-refractivity contribution in [2.24, 2.45) is 0 Å². The fourth-order valence-electron chi connectivity index (χ4n) is 2.37. The standard InChI is InChI=1S/C18H18N2O3/c1-22-14-6-4-5-13(11-14)12-17(21)19-10-9-18-20-15-7-2-3-8-16(15)23-18/h2-8,11H,9-10,12H2,1H3,(H,19,21). The van der Waals surface area contributed by atoms with Gasteiger partial charge in [0.05, 0.1) is 13.5 Å². The summed E-state index contributed by atoms with van der Waals surface area (Å²) < 4.78 is 10.8. The van der Waals surface area contributed by atoms with E-state index < -0.39 is 0 Å². The molecule has 23 heavy (non-hydrogen) atoms. The van der Waals surface area contributed by atoms with Crippen molar-refractivity contribution < 1.29 is 13.9 Å². The molecule has 0 bridgehead atoms. The molecule has 0 radical (unpaired) electrons. The van der Waals surface area contributed by atoms with Crippen molar-refractivity contribution in [1.29, 1.82) is 0 Å². The minimum absolute atomic E-state index is 0.0330. The van der Waals surface area contributed by atoms with Crippen LogP contribution in [0.5, 0.6) is 5.75 Å². The number of amides is 1. The van der Waals surface area contributed by atoms with Crippen molar-refractivity contribution in [3.8, 4) is 5.75 Å². The molecule has 5 heteroatoms. The number of benzene rings is 2. The molecule has 1 N–H and O–H groups in total. The van der Waals surface area contributed by atoms with E-state index in [-0.39, 0.29) is 5.91 Å². The van der Waals surface area contributed by atoms with E-state index in [9.17, 15) is 4.79 Å². The molecule has 0 unspecified atom stereocenters. The average molecular weight is 310 g/mol. The number of aromatic nitrogens is 1. The Kier molecular flexibility index (Phi) is 4.57. The largest absolute Gasteiger partial charge is 0.497 e. The summed E-state index contributed by atoms with van der Waals surface area (Å²) in [5.74, 6) is 1.35. The number of hydrogen-bond donors (Lipinski definition) is 1. The Morgan fingerprint density at radius 2 is 2.09 bits per heavy atom. The molecule has 0 fully saturated rings. The summed E-state index contributed by atoms with van der Waals surface area (Å²) in [4.78, 5) is 16.4. The molecule has 0 atom stereocenters. The second-order valence-corrected chi connectivity index (χ2v) is 5.20. The van der Waals surface area contributed by atoms with Crippen LogP contribution >= 0.6 is 0 Å². The minimum Gasteiger partial charge on any atom is -0.497 e. The van der Waals surface area contributed by atoms with Crippen molar-refractivity contribution in [3.05, 3.63) is 60.0 Å². The summed E-state index contributed by atoms with van der Waals surface area (Å²) in [7, 11) is 1.61. The predicted octanol–water partition coefficient (Wildman–Crippen LogP) is 2.74. The van der Waals surface area contributed by atoms with Gasteiger partial charge in [0.1, 0.15) is 11.3 Å². The first-order valence-corrected chi connectivity index (χ1v) is 7.48. The molecule has 3 aromatic rings. The molecular formula is C18H18N2O3. The zero-order valence-electron chi connectivity index (χ0n) is 12.9.